The van der Waals surface area contributed by atoms with Crippen LogP contribution in [-0.4, -0.2) is 133 Å². The minimum absolute atomic E-state index is 0.172. The Morgan fingerprint density at radius 3 is 2.03 bits per heavy atom. The number of likely N-dealkylation sites (tertiary alicyclic amines) is 1. The summed E-state index contributed by atoms with van der Waals surface area (Å²) >= 11 is 0. The first-order valence-corrected chi connectivity index (χ1v) is 24.5. The zero-order valence-corrected chi connectivity index (χ0v) is 41.7. The van der Waals surface area contributed by atoms with Crippen LogP contribution in [0, 0.1) is 13.8 Å². The number of nitrogens with zero attached hydrogens (tertiary/aromatic N) is 13. The number of benzene rings is 2. The zero-order chi connectivity index (χ0) is 51.3. The average Bonchev–Trinajstić information content (AvgIpc) is 4.23. The van der Waals surface area contributed by atoms with E-state index >= 15 is 0 Å². The molecule has 0 aliphatic carbocycles. The highest BCUT2D eigenvalue weighted by molar-refractivity contribution is 6.05. The Bertz CT molecular complexity index is 3210. The molecule has 9 rings (SSSR count). The average molecular weight is 1000 g/mol. The predicted molar refractivity (Wildman–Crippen MR) is 269 cm³/mol. The van der Waals surface area contributed by atoms with Crippen molar-refractivity contribution in [1.29, 1.82) is 0 Å². The molecule has 6 N–H and O–H groups in total. The number of hydrogen-bond donors (Lipinski definition) is 4. The number of primary amides is 1. The van der Waals surface area contributed by atoms with Gasteiger partial charge in [0.15, 0.2) is 5.82 Å². The van der Waals surface area contributed by atoms with Crippen LogP contribution in [-0.2, 0) is 48.9 Å². The van der Waals surface area contributed by atoms with E-state index in [2.05, 4.69) is 45.3 Å². The van der Waals surface area contributed by atoms with Gasteiger partial charge in [-0.3, -0.25) is 44.0 Å². The van der Waals surface area contributed by atoms with Gasteiger partial charge in [-0.25, -0.2) is 15.9 Å². The molecule has 2 aliphatic rings. The number of aromatic nitrogens is 11. The SMILES string of the molecule is CCn1nc(C)cc1C(=O)Nc1nc2cccc(OC)c2n1C/C=C/Cn1c(NC(=O)c2cc(C)nn2CC)nc2cc(C(N)=O)cc(OCCCN3CCC(c4nnc5n4CCN(C(=O)CON)C5)CC3)c21. The molecule has 7 heterocycles. The number of nitrogens with two attached hydrogens (primary N) is 2. The number of amides is 4. The molecule has 2 aliphatic heterocycles. The third-order valence-electron chi connectivity index (χ3n) is 13.3. The summed E-state index contributed by atoms with van der Waals surface area (Å²) in [6.07, 6.45) is 6.35. The minimum atomic E-state index is -0.655. The van der Waals surface area contributed by atoms with E-state index in [1.165, 1.54) is 0 Å². The number of rotatable bonds is 20. The van der Waals surface area contributed by atoms with Gasteiger partial charge in [0, 0.05) is 57.3 Å². The molecule has 0 atom stereocenters. The molecule has 0 radical (unpaired) electrons. The fraction of sp³-hybridized carbons (Fsp3) is 0.429. The summed E-state index contributed by atoms with van der Waals surface area (Å²) in [4.78, 5) is 71.0. The smallest absolute Gasteiger partial charge is 0.276 e. The van der Waals surface area contributed by atoms with Crippen LogP contribution in [0.2, 0.25) is 0 Å². The molecule has 24 heteroatoms. The van der Waals surface area contributed by atoms with E-state index in [0.717, 1.165) is 49.8 Å². The van der Waals surface area contributed by atoms with Crippen molar-refractivity contribution in [2.75, 3.05) is 57.1 Å². The van der Waals surface area contributed by atoms with Crippen LogP contribution in [0.5, 0.6) is 11.5 Å². The molecule has 24 nitrogen and oxygen atoms in total. The molecule has 0 bridgehead atoms. The fourth-order valence-electron chi connectivity index (χ4n) is 9.72. The minimum Gasteiger partial charge on any atom is -0.494 e. The van der Waals surface area contributed by atoms with Crippen LogP contribution >= 0.6 is 0 Å². The molecule has 7 aromatic rings. The van der Waals surface area contributed by atoms with Gasteiger partial charge in [-0.15, -0.1) is 10.2 Å². The van der Waals surface area contributed by atoms with E-state index in [4.69, 9.17) is 31.1 Å². The van der Waals surface area contributed by atoms with Gasteiger partial charge in [0.2, 0.25) is 17.8 Å². The summed E-state index contributed by atoms with van der Waals surface area (Å²) in [5.41, 5.74) is 10.5. The lowest BCUT2D eigenvalue weighted by Gasteiger charge is -2.33. The van der Waals surface area contributed by atoms with Crippen LogP contribution in [0.3, 0.4) is 0 Å². The Morgan fingerprint density at radius 2 is 1.42 bits per heavy atom. The first-order valence-electron chi connectivity index (χ1n) is 24.5. The maximum atomic E-state index is 14.0. The lowest BCUT2D eigenvalue weighted by atomic mass is 9.95. The molecule has 0 spiro atoms. The van der Waals surface area contributed by atoms with Crippen LogP contribution in [0.1, 0.15) is 93.4 Å². The number of carbonyl (C=O) groups is 4. The quantitative estimate of drug-likeness (QED) is 0.0481. The van der Waals surface area contributed by atoms with Crippen molar-refractivity contribution in [3.8, 4) is 11.5 Å². The molecule has 73 heavy (non-hydrogen) atoms. The molecule has 5 aromatic heterocycles. The van der Waals surface area contributed by atoms with Gasteiger partial charge < -0.3 is 38.7 Å². The second kappa shape index (κ2) is 21.8. The summed E-state index contributed by atoms with van der Waals surface area (Å²) in [6, 6.07) is 12.2. The van der Waals surface area contributed by atoms with Crippen LogP contribution in [0.4, 0.5) is 11.9 Å². The molecule has 1 fully saturated rings. The predicted octanol–water partition coefficient (Wildman–Crippen LogP) is 3.78. The van der Waals surface area contributed by atoms with E-state index in [9.17, 15) is 19.2 Å². The molecular formula is C49H61N17O7. The summed E-state index contributed by atoms with van der Waals surface area (Å²) in [6.45, 7) is 13.1. The van der Waals surface area contributed by atoms with Crippen molar-refractivity contribution in [1.82, 2.24) is 63.2 Å². The summed E-state index contributed by atoms with van der Waals surface area (Å²) in [5.74, 6) is 6.98. The number of nitrogens with one attached hydrogen (secondary N) is 2. The second-order valence-corrected chi connectivity index (χ2v) is 18.0. The number of anilines is 2. The fourth-order valence-corrected chi connectivity index (χ4v) is 9.72. The van der Waals surface area contributed by atoms with Gasteiger partial charge in [0.25, 0.3) is 17.7 Å². The van der Waals surface area contributed by atoms with Gasteiger partial charge in [-0.05, 0) is 96.4 Å². The van der Waals surface area contributed by atoms with E-state index in [-0.39, 0.29) is 48.9 Å². The molecule has 0 unspecified atom stereocenters. The van der Waals surface area contributed by atoms with Gasteiger partial charge in [0.1, 0.15) is 46.4 Å². The van der Waals surface area contributed by atoms with E-state index < -0.39 is 11.8 Å². The topological polar surface area (TPSA) is 281 Å². The Morgan fingerprint density at radius 1 is 0.795 bits per heavy atom. The van der Waals surface area contributed by atoms with Crippen molar-refractivity contribution in [2.45, 2.75) is 92.1 Å². The summed E-state index contributed by atoms with van der Waals surface area (Å²) < 4.78 is 21.4. The van der Waals surface area contributed by atoms with Crippen molar-refractivity contribution >= 4 is 57.6 Å². The lowest BCUT2D eigenvalue weighted by Crippen LogP contribution is -2.41. The largest absolute Gasteiger partial charge is 0.494 e. The number of para-hydroxylation sites is 1. The molecule has 0 saturated carbocycles. The monoisotopic (exact) mass is 999 g/mol. The molecular weight excluding hydrogens is 939 g/mol. The Balaban J connectivity index is 0.941. The lowest BCUT2D eigenvalue weighted by molar-refractivity contribution is -0.137. The standard InChI is InChI=1S/C49H61N17O7/c1-6-65-36(24-30(3)58-65)46(69)54-48-52-34-12-10-13-38(71-5)42(34)63(48)17-8-9-18-64-43-35(53-49(64)55-47(70)37-25-31(4)59-66(37)7-2)26-33(44(50)68)27-39(43)72-23-11-16-60-19-14-32(15-20-60)45-57-56-40-28-61(21-22-62(40)45)41(67)29-73-51/h8-10,12-13,24-27,32H,6-7,11,14-23,28-29,51H2,1-5H3,(H2,50,68)(H,52,54,69)(H,53,55,70)/b9-8+. The van der Waals surface area contributed by atoms with Crippen molar-refractivity contribution in [3.05, 3.63) is 94.6 Å². The highest BCUT2D eigenvalue weighted by atomic mass is 16.6. The molecule has 2 aromatic carbocycles. The highest BCUT2D eigenvalue weighted by Gasteiger charge is 2.30. The number of imidazole rings is 2. The Hall–Kier alpha value is -7.96. The Labute approximate surface area is 420 Å². The number of hydrogen-bond acceptors (Lipinski definition) is 15. The number of fused-ring (bicyclic) bond motifs is 3. The molecule has 384 valence electrons. The number of ether oxygens (including phenoxy) is 2. The zero-order valence-electron chi connectivity index (χ0n) is 41.7. The van der Waals surface area contributed by atoms with Gasteiger partial charge in [0.05, 0.1) is 42.7 Å². The number of aryl methyl sites for hydroxylation is 4. The van der Waals surface area contributed by atoms with Crippen LogP contribution < -0.4 is 31.7 Å². The van der Waals surface area contributed by atoms with Crippen LogP contribution in [0.25, 0.3) is 22.1 Å². The summed E-state index contributed by atoms with van der Waals surface area (Å²) in [7, 11) is 1.58. The number of allylic oxidation sites excluding steroid dienone is 2. The first kappa shape index (κ1) is 50.0. The third-order valence-corrected chi connectivity index (χ3v) is 13.3. The van der Waals surface area contributed by atoms with Crippen molar-refractivity contribution in [2.24, 2.45) is 11.6 Å². The van der Waals surface area contributed by atoms with Gasteiger partial charge in [-0.1, -0.05) is 18.2 Å². The first-order chi connectivity index (χ1) is 35.4. The number of piperidine rings is 1. The third kappa shape index (κ3) is 10.5. The van der Waals surface area contributed by atoms with E-state index in [1.54, 1.807) is 45.6 Å². The Kier molecular flexibility index (Phi) is 14.9. The summed E-state index contributed by atoms with van der Waals surface area (Å²) in [5, 5.41) is 23.9. The van der Waals surface area contributed by atoms with Crippen LogP contribution in [0.15, 0.2) is 54.6 Å². The van der Waals surface area contributed by atoms with E-state index in [1.807, 2.05) is 67.2 Å². The van der Waals surface area contributed by atoms with Gasteiger partial charge in [-0.2, -0.15) is 10.2 Å². The maximum Gasteiger partial charge on any atom is 0.276 e. The highest BCUT2D eigenvalue weighted by Crippen LogP contribution is 2.33. The maximum absolute atomic E-state index is 14.0. The number of carbonyl (C=O) groups excluding carboxylic acids is 4. The van der Waals surface area contributed by atoms with E-state index in [0.29, 0.717) is 102 Å². The van der Waals surface area contributed by atoms with Crippen molar-refractivity contribution < 1.29 is 33.5 Å². The van der Waals surface area contributed by atoms with Gasteiger partial charge >= 0.3 is 0 Å². The molecule has 4 amide bonds. The number of methoxy groups -OCH3 is 1. The van der Waals surface area contributed by atoms with Crippen molar-refractivity contribution in [3.63, 3.8) is 0 Å². The second-order valence-electron chi connectivity index (χ2n) is 18.0. The molecule has 1 saturated heterocycles. The normalized spacial score (nSPS) is 14.4.